The summed E-state index contributed by atoms with van der Waals surface area (Å²) in [4.78, 5) is 11.6. The number of nitrogens with zero attached hydrogens (tertiary/aromatic N) is 2. The number of imidazole rings is 1. The van der Waals surface area contributed by atoms with Gasteiger partial charge in [0.25, 0.3) is 0 Å². The number of hydrogen-bond acceptors (Lipinski definition) is 3. The van der Waals surface area contributed by atoms with Gasteiger partial charge in [-0.25, -0.2) is 9.97 Å². The molecule has 0 unspecified atom stereocenters. The molecule has 0 saturated heterocycles. The molecular weight excluding hydrogens is 265 g/mol. The molecule has 80 valence electrons. The molecule has 3 nitrogen and oxygen atoms in total. The predicted octanol–water partition coefficient (Wildman–Crippen LogP) is 3.99. The molecule has 0 aliphatic carbocycles. The normalized spacial score (nSPS) is 11.1. The Morgan fingerprint density at radius 3 is 2.88 bits per heavy atom. The summed E-state index contributed by atoms with van der Waals surface area (Å²) in [5.41, 5.74) is 2.40. The molecular formula is C10H5Cl2N3S. The molecule has 6 heteroatoms. The van der Waals surface area contributed by atoms with E-state index in [0.29, 0.717) is 10.7 Å². The van der Waals surface area contributed by atoms with Gasteiger partial charge >= 0.3 is 0 Å². The first-order chi connectivity index (χ1) is 7.74. The van der Waals surface area contributed by atoms with E-state index in [9.17, 15) is 0 Å². The quantitative estimate of drug-likeness (QED) is 0.679. The molecule has 0 fully saturated rings. The molecule has 3 aromatic rings. The standard InChI is InChI=1S/C10H5Cl2N3S/c11-6-3-7-10(14-8(6)12)15-9(13-7)5-1-2-16-4-5/h1-4H,(H,13,14,15). The van der Waals surface area contributed by atoms with Crippen LogP contribution >= 0.6 is 34.5 Å². The van der Waals surface area contributed by atoms with Crippen LogP contribution in [0.15, 0.2) is 22.9 Å². The highest BCUT2D eigenvalue weighted by Gasteiger charge is 2.09. The highest BCUT2D eigenvalue weighted by atomic mass is 35.5. The smallest absolute Gasteiger partial charge is 0.179 e. The fraction of sp³-hybridized carbons (Fsp3) is 0. The van der Waals surface area contributed by atoms with Crippen molar-refractivity contribution in [2.24, 2.45) is 0 Å². The van der Waals surface area contributed by atoms with Gasteiger partial charge in [0.1, 0.15) is 11.0 Å². The molecule has 0 atom stereocenters. The van der Waals surface area contributed by atoms with Crippen molar-refractivity contribution < 1.29 is 0 Å². The van der Waals surface area contributed by atoms with Crippen molar-refractivity contribution in [2.75, 3.05) is 0 Å². The first-order valence-corrected chi connectivity index (χ1v) is 6.18. The van der Waals surface area contributed by atoms with E-state index in [1.165, 1.54) is 0 Å². The molecule has 0 spiro atoms. The second kappa shape index (κ2) is 3.73. The second-order valence-corrected chi connectivity index (χ2v) is 4.77. The van der Waals surface area contributed by atoms with Crippen molar-refractivity contribution in [3.8, 4) is 11.4 Å². The third kappa shape index (κ3) is 1.59. The SMILES string of the molecule is Clc1cc2[nH]c(-c3ccsc3)nc2nc1Cl. The van der Waals surface area contributed by atoms with Gasteiger partial charge in [-0.2, -0.15) is 11.3 Å². The van der Waals surface area contributed by atoms with Gasteiger partial charge in [0.2, 0.25) is 0 Å². The van der Waals surface area contributed by atoms with Crippen LogP contribution in [-0.2, 0) is 0 Å². The Morgan fingerprint density at radius 1 is 1.25 bits per heavy atom. The van der Waals surface area contributed by atoms with Gasteiger partial charge < -0.3 is 4.98 Å². The van der Waals surface area contributed by atoms with Gasteiger partial charge in [0.15, 0.2) is 5.65 Å². The average Bonchev–Trinajstić information content (AvgIpc) is 2.86. The Balaban J connectivity index is 2.23. The van der Waals surface area contributed by atoms with E-state index >= 15 is 0 Å². The summed E-state index contributed by atoms with van der Waals surface area (Å²) in [5.74, 6) is 0.780. The van der Waals surface area contributed by atoms with Crippen LogP contribution in [-0.4, -0.2) is 15.0 Å². The summed E-state index contributed by atoms with van der Waals surface area (Å²) in [7, 11) is 0. The van der Waals surface area contributed by atoms with Crippen LogP contribution < -0.4 is 0 Å². The highest BCUT2D eigenvalue weighted by Crippen LogP contribution is 2.26. The fourth-order valence-electron chi connectivity index (χ4n) is 1.43. The third-order valence-electron chi connectivity index (χ3n) is 2.18. The van der Waals surface area contributed by atoms with Crippen molar-refractivity contribution in [1.82, 2.24) is 15.0 Å². The predicted molar refractivity (Wildman–Crippen MR) is 67.2 cm³/mol. The minimum absolute atomic E-state index is 0.275. The Morgan fingerprint density at radius 2 is 2.12 bits per heavy atom. The summed E-state index contributed by atoms with van der Waals surface area (Å²) in [6, 6.07) is 3.72. The van der Waals surface area contributed by atoms with Crippen molar-refractivity contribution in [3.05, 3.63) is 33.1 Å². The van der Waals surface area contributed by atoms with E-state index in [-0.39, 0.29) is 5.15 Å². The number of hydrogen-bond donors (Lipinski definition) is 1. The maximum Gasteiger partial charge on any atom is 0.179 e. The molecule has 3 heterocycles. The first-order valence-electron chi connectivity index (χ1n) is 4.48. The van der Waals surface area contributed by atoms with Crippen LogP contribution in [0.1, 0.15) is 0 Å². The van der Waals surface area contributed by atoms with Crippen molar-refractivity contribution in [1.29, 1.82) is 0 Å². The number of fused-ring (bicyclic) bond motifs is 1. The van der Waals surface area contributed by atoms with Gasteiger partial charge in [-0.3, -0.25) is 0 Å². The molecule has 16 heavy (non-hydrogen) atoms. The zero-order chi connectivity index (χ0) is 11.1. The molecule has 0 amide bonds. The van der Waals surface area contributed by atoms with E-state index in [4.69, 9.17) is 23.2 Å². The van der Waals surface area contributed by atoms with Crippen LogP contribution in [0.2, 0.25) is 10.2 Å². The minimum atomic E-state index is 0.275. The lowest BCUT2D eigenvalue weighted by Crippen LogP contribution is -1.79. The monoisotopic (exact) mass is 269 g/mol. The zero-order valence-corrected chi connectivity index (χ0v) is 10.2. The van der Waals surface area contributed by atoms with Crippen LogP contribution in [0.5, 0.6) is 0 Å². The molecule has 3 rings (SSSR count). The lowest BCUT2D eigenvalue weighted by Gasteiger charge is -1.92. The maximum atomic E-state index is 5.88. The van der Waals surface area contributed by atoms with Crippen LogP contribution in [0.3, 0.4) is 0 Å². The molecule has 0 aliphatic heterocycles. The van der Waals surface area contributed by atoms with Crippen molar-refractivity contribution in [2.45, 2.75) is 0 Å². The van der Waals surface area contributed by atoms with Gasteiger partial charge in [0.05, 0.1) is 10.5 Å². The lowest BCUT2D eigenvalue weighted by molar-refractivity contribution is 1.31. The van der Waals surface area contributed by atoms with E-state index in [0.717, 1.165) is 16.9 Å². The molecule has 0 bridgehead atoms. The van der Waals surface area contributed by atoms with E-state index in [1.807, 2.05) is 16.8 Å². The summed E-state index contributed by atoms with van der Waals surface area (Å²) < 4.78 is 0. The third-order valence-corrected chi connectivity index (χ3v) is 3.53. The van der Waals surface area contributed by atoms with Crippen LogP contribution in [0.25, 0.3) is 22.6 Å². The van der Waals surface area contributed by atoms with Gasteiger partial charge in [-0.05, 0) is 17.5 Å². The van der Waals surface area contributed by atoms with Gasteiger partial charge in [0, 0.05) is 10.9 Å². The molecule has 0 aromatic carbocycles. The summed E-state index contributed by atoms with van der Waals surface area (Å²) in [6.07, 6.45) is 0. The Hall–Kier alpha value is -1.10. The molecule has 0 radical (unpaired) electrons. The molecule has 1 N–H and O–H groups in total. The molecule has 3 aromatic heterocycles. The molecule has 0 saturated carbocycles. The number of H-pyrrole nitrogens is 1. The summed E-state index contributed by atoms with van der Waals surface area (Å²) in [6.45, 7) is 0. The number of thiophene rings is 1. The fourth-order valence-corrected chi connectivity index (χ4v) is 2.36. The van der Waals surface area contributed by atoms with Gasteiger partial charge in [-0.15, -0.1) is 0 Å². The number of halogens is 2. The minimum Gasteiger partial charge on any atom is -0.337 e. The Labute approximate surface area is 105 Å². The summed E-state index contributed by atoms with van der Waals surface area (Å²) >= 11 is 13.3. The second-order valence-electron chi connectivity index (χ2n) is 3.23. The Bertz CT molecular complexity index is 606. The van der Waals surface area contributed by atoms with Crippen LogP contribution in [0, 0.1) is 0 Å². The van der Waals surface area contributed by atoms with E-state index in [1.54, 1.807) is 17.4 Å². The van der Waals surface area contributed by atoms with Crippen molar-refractivity contribution >= 4 is 45.7 Å². The number of nitrogens with one attached hydrogen (secondary N) is 1. The number of pyridine rings is 1. The van der Waals surface area contributed by atoms with E-state index < -0.39 is 0 Å². The van der Waals surface area contributed by atoms with Crippen LogP contribution in [0.4, 0.5) is 0 Å². The zero-order valence-electron chi connectivity index (χ0n) is 7.87. The number of aromatic nitrogens is 3. The highest BCUT2D eigenvalue weighted by molar-refractivity contribution is 7.08. The largest absolute Gasteiger partial charge is 0.337 e. The maximum absolute atomic E-state index is 5.88. The topological polar surface area (TPSA) is 41.6 Å². The number of rotatable bonds is 1. The average molecular weight is 270 g/mol. The van der Waals surface area contributed by atoms with Gasteiger partial charge in [-0.1, -0.05) is 23.2 Å². The number of aromatic amines is 1. The Kier molecular flexibility index (Phi) is 2.35. The summed E-state index contributed by atoms with van der Waals surface area (Å²) in [5, 5.41) is 4.71. The van der Waals surface area contributed by atoms with Crippen molar-refractivity contribution in [3.63, 3.8) is 0 Å². The molecule has 0 aliphatic rings. The lowest BCUT2D eigenvalue weighted by atomic mass is 10.3. The van der Waals surface area contributed by atoms with E-state index in [2.05, 4.69) is 15.0 Å². The first kappa shape index (κ1) is 10.1.